The van der Waals surface area contributed by atoms with Crippen molar-refractivity contribution in [1.82, 2.24) is 24.5 Å². The van der Waals surface area contributed by atoms with E-state index in [1.54, 1.807) is 43.3 Å². The largest absolute Gasteiger partial charge is 0.505 e. The summed E-state index contributed by atoms with van der Waals surface area (Å²) >= 11 is 0. The summed E-state index contributed by atoms with van der Waals surface area (Å²) in [6.45, 7) is 1.78. The number of nitrogens with zero attached hydrogens (tertiary/aromatic N) is 5. The lowest BCUT2D eigenvalue weighted by Crippen LogP contribution is -2.26. The summed E-state index contributed by atoms with van der Waals surface area (Å²) in [4.78, 5) is 30.3. The molecule has 2 N–H and O–H groups in total. The number of carbonyl (C=O) groups excluding carboxylic acids is 1. The summed E-state index contributed by atoms with van der Waals surface area (Å²) in [5.74, 6) is -0.0663. The molecule has 0 saturated heterocycles. The summed E-state index contributed by atoms with van der Waals surface area (Å²) < 4.78 is 7.79. The van der Waals surface area contributed by atoms with Crippen LogP contribution >= 0.6 is 0 Å². The molecule has 0 unspecified atom stereocenters. The molecule has 3 heterocycles. The number of carbonyl (C=O) groups is 1. The zero-order valence-corrected chi connectivity index (χ0v) is 18.8. The van der Waals surface area contributed by atoms with Crippen molar-refractivity contribution in [2.24, 2.45) is 0 Å². The van der Waals surface area contributed by atoms with Gasteiger partial charge in [-0.05, 0) is 37.3 Å². The van der Waals surface area contributed by atoms with Crippen LogP contribution < -0.4 is 15.6 Å². The van der Waals surface area contributed by atoms with Crippen LogP contribution in [0.15, 0.2) is 77.6 Å². The Morgan fingerprint density at radius 3 is 2.57 bits per heavy atom. The molecule has 0 saturated carbocycles. The lowest BCUT2D eigenvalue weighted by Gasteiger charge is -2.12. The maximum absolute atomic E-state index is 13.1. The van der Waals surface area contributed by atoms with Crippen LogP contribution in [0.4, 0.5) is 5.82 Å². The van der Waals surface area contributed by atoms with Gasteiger partial charge in [0, 0.05) is 17.5 Å². The third-order valence-corrected chi connectivity index (χ3v) is 5.31. The minimum atomic E-state index is -0.729. The second-order valence-corrected chi connectivity index (χ2v) is 7.70. The van der Waals surface area contributed by atoms with Crippen molar-refractivity contribution >= 4 is 22.6 Å². The number of pyridine rings is 1. The number of rotatable bonds is 5. The molecule has 3 aromatic heterocycles. The van der Waals surface area contributed by atoms with E-state index in [-0.39, 0.29) is 5.69 Å². The number of hydrogen-bond donors (Lipinski definition) is 2. The van der Waals surface area contributed by atoms with Crippen LogP contribution in [0.1, 0.15) is 16.2 Å². The molecule has 35 heavy (non-hydrogen) atoms. The number of hydrogen-bond acceptors (Lipinski definition) is 7. The van der Waals surface area contributed by atoms with Crippen molar-refractivity contribution < 1.29 is 14.6 Å². The molecule has 0 spiro atoms. The van der Waals surface area contributed by atoms with Crippen LogP contribution in [0.25, 0.3) is 22.4 Å². The molecule has 5 rings (SSSR count). The van der Waals surface area contributed by atoms with Crippen molar-refractivity contribution in [3.05, 3.63) is 94.5 Å². The van der Waals surface area contributed by atoms with Crippen LogP contribution in [0, 0.1) is 6.92 Å². The molecule has 0 atom stereocenters. The Hall–Kier alpha value is -4.99. The van der Waals surface area contributed by atoms with Gasteiger partial charge >= 0.3 is 0 Å². The number of amides is 1. The number of anilines is 1. The van der Waals surface area contributed by atoms with Gasteiger partial charge in [-0.25, -0.2) is 4.98 Å². The Kier molecular flexibility index (Phi) is 5.46. The summed E-state index contributed by atoms with van der Waals surface area (Å²) in [6.07, 6.45) is 0. The van der Waals surface area contributed by atoms with Crippen LogP contribution in [0.2, 0.25) is 0 Å². The molecule has 10 nitrogen and oxygen atoms in total. The maximum atomic E-state index is 13.1. The fourth-order valence-corrected chi connectivity index (χ4v) is 3.70. The first-order chi connectivity index (χ1) is 16.9. The van der Waals surface area contributed by atoms with Crippen molar-refractivity contribution in [2.75, 3.05) is 12.4 Å². The molecular formula is C25H20N6O4. The van der Waals surface area contributed by atoms with Gasteiger partial charge in [0.05, 0.1) is 18.3 Å². The number of fused-ring (bicyclic) bond motifs is 1. The minimum absolute atomic E-state index is 0.325. The highest BCUT2D eigenvalue weighted by atomic mass is 16.5. The molecule has 174 valence electrons. The summed E-state index contributed by atoms with van der Waals surface area (Å²) in [5.41, 5.74) is 0.789. The van der Waals surface area contributed by atoms with Crippen LogP contribution in [0.3, 0.4) is 0 Å². The molecule has 0 aliphatic heterocycles. The van der Waals surface area contributed by atoms with Gasteiger partial charge in [0.1, 0.15) is 17.3 Å². The highest BCUT2D eigenvalue weighted by Crippen LogP contribution is 2.23. The molecule has 0 radical (unpaired) electrons. The molecule has 10 heteroatoms. The Bertz CT molecular complexity index is 1640. The van der Waals surface area contributed by atoms with Crippen LogP contribution in [0.5, 0.6) is 11.5 Å². The molecule has 1 amide bonds. The molecular weight excluding hydrogens is 448 g/mol. The first-order valence-electron chi connectivity index (χ1n) is 10.7. The standard InChI is InChI=1S/C25H20N6O4/c1-15-13-22(31(28-15)21-12-11-16-7-3-4-8-17(16)26-21)27-25(34)24-19(32)14-23(33)30(29-24)18-9-5-6-10-20(18)35-2/h3-14,32H,1-2H3,(H,27,34). The quantitative estimate of drug-likeness (QED) is 0.406. The second kappa shape index (κ2) is 8.75. The molecule has 0 aliphatic rings. The SMILES string of the molecule is COc1ccccc1-n1nc(C(=O)Nc2cc(C)nn2-c2ccc3ccccc3n2)c(O)cc1=O. The van der Waals surface area contributed by atoms with Gasteiger partial charge in [0.15, 0.2) is 17.3 Å². The van der Waals surface area contributed by atoms with Gasteiger partial charge in [-0.3, -0.25) is 9.59 Å². The van der Waals surface area contributed by atoms with Crippen molar-refractivity contribution in [1.29, 1.82) is 0 Å². The maximum Gasteiger partial charge on any atom is 0.281 e. The smallest absolute Gasteiger partial charge is 0.281 e. The number of aromatic hydroxyl groups is 1. The van der Waals surface area contributed by atoms with Gasteiger partial charge in [-0.2, -0.15) is 19.6 Å². The van der Waals surface area contributed by atoms with E-state index >= 15 is 0 Å². The van der Waals surface area contributed by atoms with Crippen molar-refractivity contribution in [3.63, 3.8) is 0 Å². The normalized spacial score (nSPS) is 10.9. The molecule has 0 fully saturated rings. The number of aryl methyl sites for hydroxylation is 1. The third-order valence-electron chi connectivity index (χ3n) is 5.31. The van der Waals surface area contributed by atoms with E-state index in [1.165, 1.54) is 11.8 Å². The lowest BCUT2D eigenvalue weighted by molar-refractivity contribution is 0.101. The zero-order valence-electron chi connectivity index (χ0n) is 18.8. The number of benzene rings is 2. The average Bonchev–Trinajstić information content (AvgIpc) is 3.23. The van der Waals surface area contributed by atoms with Crippen LogP contribution in [-0.2, 0) is 0 Å². The van der Waals surface area contributed by atoms with Gasteiger partial charge in [0.25, 0.3) is 11.5 Å². The topological polar surface area (TPSA) is 124 Å². The van der Waals surface area contributed by atoms with E-state index in [1.807, 2.05) is 30.3 Å². The minimum Gasteiger partial charge on any atom is -0.505 e. The number of ether oxygens (including phenoxy) is 1. The number of methoxy groups -OCH3 is 1. The highest BCUT2D eigenvalue weighted by molar-refractivity contribution is 6.04. The summed E-state index contributed by atoms with van der Waals surface area (Å²) in [7, 11) is 1.46. The molecule has 5 aromatic rings. The second-order valence-electron chi connectivity index (χ2n) is 7.70. The first kappa shape index (κ1) is 21.8. The van der Waals surface area contributed by atoms with E-state index < -0.39 is 17.2 Å². The Morgan fingerprint density at radius 1 is 0.971 bits per heavy atom. The lowest BCUT2D eigenvalue weighted by atomic mass is 10.2. The van der Waals surface area contributed by atoms with E-state index in [2.05, 4.69) is 20.5 Å². The Labute approximate surface area is 199 Å². The first-order valence-corrected chi connectivity index (χ1v) is 10.7. The van der Waals surface area contributed by atoms with Gasteiger partial charge in [0.2, 0.25) is 0 Å². The fourth-order valence-electron chi connectivity index (χ4n) is 3.70. The monoisotopic (exact) mass is 468 g/mol. The summed E-state index contributed by atoms with van der Waals surface area (Å²) in [6, 6.07) is 20.7. The number of aromatic nitrogens is 5. The highest BCUT2D eigenvalue weighted by Gasteiger charge is 2.21. The number of nitrogens with one attached hydrogen (secondary N) is 1. The fraction of sp³-hybridized carbons (Fsp3) is 0.0800. The van der Waals surface area contributed by atoms with Gasteiger partial charge < -0.3 is 15.2 Å². The third kappa shape index (κ3) is 4.08. The van der Waals surface area contributed by atoms with Crippen molar-refractivity contribution in [2.45, 2.75) is 6.92 Å². The zero-order chi connectivity index (χ0) is 24.5. The number of para-hydroxylation sites is 3. The van der Waals surface area contributed by atoms with Crippen LogP contribution in [-0.4, -0.2) is 42.7 Å². The van der Waals surface area contributed by atoms with E-state index in [4.69, 9.17) is 4.74 Å². The Balaban J connectivity index is 1.53. The molecule has 0 bridgehead atoms. The predicted octanol–water partition coefficient (Wildman–Crippen LogP) is 3.24. The molecule has 2 aromatic carbocycles. The van der Waals surface area contributed by atoms with Crippen molar-refractivity contribution in [3.8, 4) is 23.0 Å². The molecule has 0 aliphatic carbocycles. The van der Waals surface area contributed by atoms with E-state index in [9.17, 15) is 14.7 Å². The summed E-state index contributed by atoms with van der Waals surface area (Å²) in [5, 5.41) is 22.6. The van der Waals surface area contributed by atoms with Gasteiger partial charge in [-0.1, -0.05) is 30.3 Å². The average molecular weight is 468 g/mol. The van der Waals surface area contributed by atoms with E-state index in [0.717, 1.165) is 21.7 Å². The van der Waals surface area contributed by atoms with Gasteiger partial charge in [-0.15, -0.1) is 0 Å². The Morgan fingerprint density at radius 2 is 1.74 bits per heavy atom. The van der Waals surface area contributed by atoms with E-state index in [0.29, 0.717) is 28.8 Å². The predicted molar refractivity (Wildman–Crippen MR) is 130 cm³/mol.